The van der Waals surface area contributed by atoms with Crippen LogP contribution in [0.25, 0.3) is 27.9 Å². The number of aromatic nitrogens is 5. The van der Waals surface area contributed by atoms with Crippen LogP contribution in [0, 0.1) is 13.8 Å². The van der Waals surface area contributed by atoms with Crippen LogP contribution in [0.15, 0.2) is 59.7 Å². The van der Waals surface area contributed by atoms with Crippen LogP contribution < -0.4 is 16.5 Å². The van der Waals surface area contributed by atoms with Crippen LogP contribution in [0.1, 0.15) is 37.7 Å². The van der Waals surface area contributed by atoms with E-state index in [1.54, 1.807) is 41.9 Å². The molecule has 0 aliphatic carbocycles. The highest BCUT2D eigenvalue weighted by Gasteiger charge is 2.17. The minimum Gasteiger partial charge on any atom is -0.366 e. The Labute approximate surface area is 198 Å². The van der Waals surface area contributed by atoms with Crippen molar-refractivity contribution in [1.82, 2.24) is 29.9 Å². The first-order valence-electron chi connectivity index (χ1n) is 10.8. The van der Waals surface area contributed by atoms with E-state index in [1.807, 2.05) is 25.1 Å². The molecule has 4 N–H and O–H groups in total. The second-order valence-corrected chi connectivity index (χ2v) is 8.18. The Kier molecular flexibility index (Phi) is 5.33. The summed E-state index contributed by atoms with van der Waals surface area (Å²) in [7, 11) is 0. The third kappa shape index (κ3) is 4.01. The van der Waals surface area contributed by atoms with Crippen molar-refractivity contribution in [3.8, 4) is 11.3 Å². The van der Waals surface area contributed by atoms with Crippen molar-refractivity contribution < 1.29 is 9.59 Å². The zero-order chi connectivity index (χ0) is 24.7. The molecule has 0 radical (unpaired) electrons. The van der Waals surface area contributed by atoms with Gasteiger partial charge in [0.2, 0.25) is 11.3 Å². The zero-order valence-corrected chi connectivity index (χ0v) is 19.0. The molecule has 10 heteroatoms. The Morgan fingerprint density at radius 2 is 1.89 bits per heavy atom. The summed E-state index contributed by atoms with van der Waals surface area (Å²) in [6.45, 7) is 3.77. The van der Waals surface area contributed by atoms with E-state index >= 15 is 0 Å². The van der Waals surface area contributed by atoms with Gasteiger partial charge in [-0.05, 0) is 37.6 Å². The van der Waals surface area contributed by atoms with Crippen LogP contribution >= 0.6 is 0 Å². The van der Waals surface area contributed by atoms with Crippen LogP contribution in [0.5, 0.6) is 0 Å². The minimum absolute atomic E-state index is 0.00949. The molecule has 5 aromatic rings. The smallest absolute Gasteiger partial charge is 0.257 e. The third-order valence-corrected chi connectivity index (χ3v) is 5.72. The molecule has 1 aromatic carbocycles. The second kappa shape index (κ2) is 8.49. The van der Waals surface area contributed by atoms with Crippen LogP contribution in [0.3, 0.4) is 0 Å². The van der Waals surface area contributed by atoms with Gasteiger partial charge >= 0.3 is 0 Å². The highest BCUT2D eigenvalue weighted by atomic mass is 16.2. The van der Waals surface area contributed by atoms with Gasteiger partial charge in [0.25, 0.3) is 5.91 Å². The number of aromatic amines is 1. The maximum absolute atomic E-state index is 13.1. The van der Waals surface area contributed by atoms with Gasteiger partial charge in [0.1, 0.15) is 11.2 Å². The minimum atomic E-state index is -0.504. The number of H-pyrrole nitrogens is 1. The van der Waals surface area contributed by atoms with E-state index in [9.17, 15) is 14.4 Å². The molecule has 35 heavy (non-hydrogen) atoms. The number of primary amides is 1. The lowest BCUT2D eigenvalue weighted by Crippen LogP contribution is -2.29. The molecule has 0 fully saturated rings. The summed E-state index contributed by atoms with van der Waals surface area (Å²) in [6, 6.07) is 12.3. The van der Waals surface area contributed by atoms with Crippen LogP contribution in [-0.2, 0) is 6.54 Å². The molecule has 0 saturated carbocycles. The van der Waals surface area contributed by atoms with Crippen molar-refractivity contribution in [2.75, 3.05) is 0 Å². The fourth-order valence-corrected chi connectivity index (χ4v) is 3.93. The van der Waals surface area contributed by atoms with E-state index in [0.29, 0.717) is 33.6 Å². The van der Waals surface area contributed by atoms with E-state index in [-0.39, 0.29) is 12.1 Å². The van der Waals surface area contributed by atoms with Crippen molar-refractivity contribution in [3.05, 3.63) is 93.2 Å². The predicted octanol–water partition coefficient (Wildman–Crippen LogP) is 2.28. The zero-order valence-electron chi connectivity index (χ0n) is 19.0. The molecule has 0 aliphatic rings. The van der Waals surface area contributed by atoms with E-state index < -0.39 is 17.2 Å². The normalized spacial score (nSPS) is 11.1. The number of amides is 2. The summed E-state index contributed by atoms with van der Waals surface area (Å²) < 4.78 is 1.56. The van der Waals surface area contributed by atoms with Gasteiger partial charge in [0.05, 0.1) is 22.5 Å². The average molecular weight is 467 g/mol. The molecule has 4 heterocycles. The number of hydrogen-bond donors (Lipinski definition) is 3. The second-order valence-electron chi connectivity index (χ2n) is 8.18. The van der Waals surface area contributed by atoms with E-state index in [2.05, 4.69) is 25.4 Å². The van der Waals surface area contributed by atoms with Gasteiger partial charge in [-0.2, -0.15) is 9.61 Å². The van der Waals surface area contributed by atoms with Crippen molar-refractivity contribution in [3.63, 3.8) is 0 Å². The monoisotopic (exact) mass is 467 g/mol. The summed E-state index contributed by atoms with van der Waals surface area (Å²) in [5.41, 5.74) is 9.99. The van der Waals surface area contributed by atoms with Crippen LogP contribution in [-0.4, -0.2) is 36.4 Å². The van der Waals surface area contributed by atoms with Crippen LogP contribution in [0.4, 0.5) is 0 Å². The molecule has 174 valence electrons. The number of fused-ring (bicyclic) bond motifs is 3. The molecular formula is C25H21N7O3. The lowest BCUT2D eigenvalue weighted by molar-refractivity contribution is 0.0948. The van der Waals surface area contributed by atoms with Gasteiger partial charge in [0.15, 0.2) is 5.65 Å². The maximum atomic E-state index is 13.1. The topological polar surface area (TPSA) is 148 Å². The molecular weight excluding hydrogens is 446 g/mol. The number of aryl methyl sites for hydroxylation is 2. The van der Waals surface area contributed by atoms with Gasteiger partial charge in [-0.15, -0.1) is 0 Å². The third-order valence-electron chi connectivity index (χ3n) is 5.72. The Balaban J connectivity index is 1.34. The van der Waals surface area contributed by atoms with Crippen molar-refractivity contribution in [2.24, 2.45) is 5.73 Å². The van der Waals surface area contributed by atoms with E-state index in [1.165, 1.54) is 6.20 Å². The van der Waals surface area contributed by atoms with E-state index in [0.717, 1.165) is 16.8 Å². The maximum Gasteiger partial charge on any atom is 0.257 e. The molecule has 0 spiro atoms. The number of hydrogen-bond acceptors (Lipinski definition) is 6. The SMILES string of the molecule is Cc1cc2nc(C)c3c(=O)c(C(=O)NCc4ccc(-c5ccc(C(N)=O)cc5)nc4)c[nH]c3n2n1. The molecule has 0 atom stereocenters. The molecule has 10 nitrogen and oxygen atoms in total. The molecule has 2 amide bonds. The molecule has 5 rings (SSSR count). The average Bonchev–Trinajstić information content (AvgIpc) is 3.23. The molecule has 4 aromatic heterocycles. The Bertz CT molecular complexity index is 1670. The standard InChI is InChI=1S/C25H21N7O3/c1-13-9-20-30-14(2)21-22(33)18(12-28-24(21)32(20)31-13)25(35)29-11-15-3-8-19(27-10-15)16-4-6-17(7-5-16)23(26)34/h3-10,12H,11H2,1-2H3,(H2,26,34)(H,28,33)(H,29,35). The lowest BCUT2D eigenvalue weighted by Gasteiger charge is -2.09. The number of benzene rings is 1. The molecule has 0 saturated heterocycles. The summed E-state index contributed by atoms with van der Waals surface area (Å²) in [5, 5.41) is 7.46. The first kappa shape index (κ1) is 22.0. The number of carbonyl (C=O) groups excluding carboxylic acids is 2. The van der Waals surface area contributed by atoms with Gasteiger partial charge in [-0.1, -0.05) is 18.2 Å². The number of carbonyl (C=O) groups is 2. The fourth-order valence-electron chi connectivity index (χ4n) is 3.93. The summed E-state index contributed by atoms with van der Waals surface area (Å²) in [5.74, 6) is -0.993. The van der Waals surface area contributed by atoms with E-state index in [4.69, 9.17) is 5.73 Å². The van der Waals surface area contributed by atoms with Crippen molar-refractivity contribution in [1.29, 1.82) is 0 Å². The molecule has 0 aliphatic heterocycles. The highest BCUT2D eigenvalue weighted by molar-refractivity contribution is 5.97. The predicted molar refractivity (Wildman–Crippen MR) is 130 cm³/mol. The van der Waals surface area contributed by atoms with Gasteiger partial charge in [-0.25, -0.2) is 4.98 Å². The number of pyridine rings is 2. The lowest BCUT2D eigenvalue weighted by atomic mass is 10.1. The van der Waals surface area contributed by atoms with Crippen LogP contribution in [0.2, 0.25) is 0 Å². The van der Waals surface area contributed by atoms with Crippen molar-refractivity contribution >= 4 is 28.5 Å². The van der Waals surface area contributed by atoms with Gasteiger partial charge in [-0.3, -0.25) is 19.4 Å². The quantitative estimate of drug-likeness (QED) is 0.361. The highest BCUT2D eigenvalue weighted by Crippen LogP contribution is 2.18. The first-order valence-corrected chi connectivity index (χ1v) is 10.8. The largest absolute Gasteiger partial charge is 0.366 e. The Morgan fingerprint density at radius 3 is 2.57 bits per heavy atom. The number of nitrogens with one attached hydrogen (secondary N) is 2. The number of rotatable bonds is 5. The number of nitrogens with zero attached hydrogens (tertiary/aromatic N) is 4. The Hall–Kier alpha value is -4.86. The summed E-state index contributed by atoms with van der Waals surface area (Å²) in [4.78, 5) is 49.0. The van der Waals surface area contributed by atoms with Gasteiger partial charge in [0, 0.05) is 36.1 Å². The number of nitrogens with two attached hydrogens (primary N) is 1. The summed E-state index contributed by atoms with van der Waals surface area (Å²) >= 11 is 0. The fraction of sp³-hybridized carbons (Fsp3) is 0.120. The molecule has 0 unspecified atom stereocenters. The van der Waals surface area contributed by atoms with Gasteiger partial charge < -0.3 is 16.0 Å². The first-order chi connectivity index (χ1) is 16.8. The summed E-state index contributed by atoms with van der Waals surface area (Å²) in [6.07, 6.45) is 3.04. The molecule has 0 bridgehead atoms. The van der Waals surface area contributed by atoms with Crippen molar-refractivity contribution in [2.45, 2.75) is 20.4 Å². The Morgan fingerprint density at radius 1 is 1.11 bits per heavy atom.